The van der Waals surface area contributed by atoms with Gasteiger partial charge in [-0.2, -0.15) is 0 Å². The van der Waals surface area contributed by atoms with Crippen molar-refractivity contribution < 1.29 is 4.74 Å². The van der Waals surface area contributed by atoms with Gasteiger partial charge in [-0.05, 0) is 49.9 Å². The van der Waals surface area contributed by atoms with Crippen molar-refractivity contribution in [3.05, 3.63) is 35.0 Å². The number of hydrogen-bond donors (Lipinski definition) is 1. The number of aryl methyl sites for hydroxylation is 1. The van der Waals surface area contributed by atoms with E-state index in [2.05, 4.69) is 17.4 Å². The lowest BCUT2D eigenvalue weighted by Crippen LogP contribution is -2.14. The molecule has 3 heteroatoms. The van der Waals surface area contributed by atoms with Crippen LogP contribution in [0.3, 0.4) is 0 Å². The second-order valence-corrected chi connectivity index (χ2v) is 5.11. The summed E-state index contributed by atoms with van der Waals surface area (Å²) in [5, 5.41) is 4.53. The number of aromatic nitrogens is 1. The molecule has 0 fully saturated rings. The van der Waals surface area contributed by atoms with Crippen LogP contribution in [0.25, 0.3) is 10.9 Å². The number of rotatable bonds is 3. The molecule has 100 valence electrons. The fourth-order valence-corrected chi connectivity index (χ4v) is 3.06. The molecular weight excluding hydrogens is 236 g/mol. The summed E-state index contributed by atoms with van der Waals surface area (Å²) < 4.78 is 5.47. The fraction of sp³-hybridized carbons (Fsp3) is 0.438. The van der Waals surface area contributed by atoms with Gasteiger partial charge in [0.2, 0.25) is 0 Å². The second-order valence-electron chi connectivity index (χ2n) is 5.11. The van der Waals surface area contributed by atoms with Crippen molar-refractivity contribution in [1.29, 1.82) is 0 Å². The molecule has 0 spiro atoms. The third kappa shape index (κ3) is 2.08. The van der Waals surface area contributed by atoms with Gasteiger partial charge in [0.15, 0.2) is 0 Å². The molecule has 0 amide bonds. The van der Waals surface area contributed by atoms with Crippen LogP contribution < -0.4 is 10.1 Å². The molecule has 1 N–H and O–H groups in total. The topological polar surface area (TPSA) is 34.2 Å². The van der Waals surface area contributed by atoms with Crippen molar-refractivity contribution in [3.8, 4) is 5.75 Å². The van der Waals surface area contributed by atoms with Gasteiger partial charge in [0, 0.05) is 17.6 Å². The van der Waals surface area contributed by atoms with Crippen LogP contribution in [0.2, 0.25) is 0 Å². The lowest BCUT2D eigenvalue weighted by atomic mass is 9.89. The highest BCUT2D eigenvalue weighted by atomic mass is 16.5. The first-order valence-corrected chi connectivity index (χ1v) is 6.97. The minimum absolute atomic E-state index is 0.878. The number of nitrogens with zero attached hydrogens (tertiary/aromatic N) is 1. The van der Waals surface area contributed by atoms with Gasteiger partial charge >= 0.3 is 0 Å². The standard InChI is InChI=1S/C16H20N2O/c1-17-10-13-11-6-3-4-8-14(11)18-16-12(13)7-5-9-15(16)19-2/h5,7,9,17H,3-4,6,8,10H2,1-2H3. The van der Waals surface area contributed by atoms with Gasteiger partial charge in [-0.3, -0.25) is 0 Å². The first-order chi connectivity index (χ1) is 9.35. The summed E-state index contributed by atoms with van der Waals surface area (Å²) in [5.41, 5.74) is 5.15. The smallest absolute Gasteiger partial charge is 0.145 e. The van der Waals surface area contributed by atoms with Crippen LogP contribution in [0, 0.1) is 0 Å². The van der Waals surface area contributed by atoms with Crippen LogP contribution in [0.4, 0.5) is 0 Å². The summed E-state index contributed by atoms with van der Waals surface area (Å²) in [6.07, 6.45) is 4.78. The third-order valence-corrected chi connectivity index (χ3v) is 3.95. The van der Waals surface area contributed by atoms with Crippen LogP contribution in [0.15, 0.2) is 18.2 Å². The first kappa shape index (κ1) is 12.4. The van der Waals surface area contributed by atoms with Gasteiger partial charge in [-0.1, -0.05) is 12.1 Å². The molecule has 19 heavy (non-hydrogen) atoms. The number of pyridine rings is 1. The molecule has 0 saturated carbocycles. The highest BCUT2D eigenvalue weighted by Crippen LogP contribution is 2.33. The molecule has 2 aromatic rings. The van der Waals surface area contributed by atoms with Crippen LogP contribution in [0.5, 0.6) is 5.75 Å². The van der Waals surface area contributed by atoms with Crippen molar-refractivity contribution >= 4 is 10.9 Å². The molecule has 0 atom stereocenters. The van der Waals surface area contributed by atoms with E-state index in [1.807, 2.05) is 13.1 Å². The van der Waals surface area contributed by atoms with E-state index < -0.39 is 0 Å². The molecule has 0 aliphatic heterocycles. The molecule has 0 unspecified atom stereocenters. The molecule has 1 aliphatic carbocycles. The van der Waals surface area contributed by atoms with Gasteiger partial charge in [-0.15, -0.1) is 0 Å². The zero-order chi connectivity index (χ0) is 13.2. The van der Waals surface area contributed by atoms with Gasteiger partial charge in [0.25, 0.3) is 0 Å². The van der Waals surface area contributed by atoms with Crippen molar-refractivity contribution in [1.82, 2.24) is 10.3 Å². The van der Waals surface area contributed by atoms with E-state index in [9.17, 15) is 0 Å². The SMILES string of the molecule is CNCc1c2c(nc3c(OC)cccc13)CCCC2. The maximum Gasteiger partial charge on any atom is 0.145 e. The number of ether oxygens (including phenoxy) is 1. The number of para-hydroxylation sites is 1. The summed E-state index contributed by atoms with van der Waals surface area (Å²) in [6, 6.07) is 6.21. The lowest BCUT2D eigenvalue weighted by Gasteiger charge is -2.21. The monoisotopic (exact) mass is 256 g/mol. The van der Waals surface area contributed by atoms with E-state index in [1.165, 1.54) is 35.0 Å². The summed E-state index contributed by atoms with van der Waals surface area (Å²) >= 11 is 0. The number of fused-ring (bicyclic) bond motifs is 2. The lowest BCUT2D eigenvalue weighted by molar-refractivity contribution is 0.418. The third-order valence-electron chi connectivity index (χ3n) is 3.95. The predicted octanol–water partition coefficient (Wildman–Crippen LogP) is 2.84. The maximum absolute atomic E-state index is 5.47. The molecule has 0 radical (unpaired) electrons. The average Bonchev–Trinajstić information content (AvgIpc) is 2.46. The van der Waals surface area contributed by atoms with Crippen molar-refractivity contribution in [2.75, 3.05) is 14.2 Å². The molecule has 1 aromatic carbocycles. The van der Waals surface area contributed by atoms with E-state index in [-0.39, 0.29) is 0 Å². The number of benzene rings is 1. The maximum atomic E-state index is 5.47. The Morgan fingerprint density at radius 2 is 2.11 bits per heavy atom. The minimum atomic E-state index is 0.878. The van der Waals surface area contributed by atoms with Gasteiger partial charge in [-0.25, -0.2) is 4.98 Å². The summed E-state index contributed by atoms with van der Waals surface area (Å²) in [6.45, 7) is 0.897. The predicted molar refractivity (Wildman–Crippen MR) is 77.7 cm³/mol. The zero-order valence-electron chi connectivity index (χ0n) is 11.6. The molecule has 1 aromatic heterocycles. The summed E-state index contributed by atoms with van der Waals surface area (Å²) in [7, 11) is 3.72. The molecular formula is C16H20N2O. The van der Waals surface area contributed by atoms with Crippen LogP contribution in [-0.4, -0.2) is 19.1 Å². The molecule has 1 aliphatic rings. The highest BCUT2D eigenvalue weighted by molar-refractivity contribution is 5.88. The van der Waals surface area contributed by atoms with E-state index in [0.29, 0.717) is 0 Å². The van der Waals surface area contributed by atoms with Crippen molar-refractivity contribution in [2.24, 2.45) is 0 Å². The largest absolute Gasteiger partial charge is 0.494 e. The van der Waals surface area contributed by atoms with Crippen molar-refractivity contribution in [3.63, 3.8) is 0 Å². The Morgan fingerprint density at radius 1 is 1.26 bits per heavy atom. The fourth-order valence-electron chi connectivity index (χ4n) is 3.06. The Bertz CT molecular complexity index is 607. The summed E-state index contributed by atoms with van der Waals surface area (Å²) in [4.78, 5) is 4.88. The van der Waals surface area contributed by atoms with E-state index in [0.717, 1.165) is 30.7 Å². The second kappa shape index (κ2) is 5.17. The van der Waals surface area contributed by atoms with Gasteiger partial charge in [0.05, 0.1) is 7.11 Å². The zero-order valence-corrected chi connectivity index (χ0v) is 11.6. The highest BCUT2D eigenvalue weighted by Gasteiger charge is 2.18. The number of hydrogen-bond acceptors (Lipinski definition) is 3. The average molecular weight is 256 g/mol. The number of methoxy groups -OCH3 is 1. The van der Waals surface area contributed by atoms with E-state index in [1.54, 1.807) is 7.11 Å². The Morgan fingerprint density at radius 3 is 2.89 bits per heavy atom. The number of nitrogens with one attached hydrogen (secondary N) is 1. The van der Waals surface area contributed by atoms with E-state index >= 15 is 0 Å². The van der Waals surface area contributed by atoms with E-state index in [4.69, 9.17) is 9.72 Å². The quantitative estimate of drug-likeness (QED) is 0.917. The van der Waals surface area contributed by atoms with Crippen LogP contribution >= 0.6 is 0 Å². The van der Waals surface area contributed by atoms with Crippen LogP contribution in [0.1, 0.15) is 29.7 Å². The Balaban J connectivity index is 2.31. The Hall–Kier alpha value is -1.61. The summed E-state index contributed by atoms with van der Waals surface area (Å²) in [5.74, 6) is 0.878. The van der Waals surface area contributed by atoms with Crippen LogP contribution in [-0.2, 0) is 19.4 Å². The normalized spacial score (nSPS) is 14.4. The van der Waals surface area contributed by atoms with Gasteiger partial charge < -0.3 is 10.1 Å². The minimum Gasteiger partial charge on any atom is -0.494 e. The molecule has 3 nitrogen and oxygen atoms in total. The molecule has 0 bridgehead atoms. The first-order valence-electron chi connectivity index (χ1n) is 6.97. The Labute approximate surface area is 114 Å². The van der Waals surface area contributed by atoms with Gasteiger partial charge in [0.1, 0.15) is 11.3 Å². The molecule has 1 heterocycles. The molecule has 3 rings (SSSR count). The Kier molecular flexibility index (Phi) is 3.38. The van der Waals surface area contributed by atoms with Crippen molar-refractivity contribution in [2.45, 2.75) is 32.2 Å². The molecule has 0 saturated heterocycles.